The highest BCUT2D eigenvalue weighted by molar-refractivity contribution is 5.92. The van der Waals surface area contributed by atoms with Crippen LogP contribution in [-0.2, 0) is 11.3 Å². The number of nitrogens with two attached hydrogens (primary N) is 2. The van der Waals surface area contributed by atoms with Gasteiger partial charge in [-0.1, -0.05) is 26.0 Å². The lowest BCUT2D eigenvalue weighted by Gasteiger charge is -2.15. The summed E-state index contributed by atoms with van der Waals surface area (Å²) in [5, 5.41) is 2.73. The zero-order valence-corrected chi connectivity index (χ0v) is 11.9. The molecule has 1 aromatic carbocycles. The van der Waals surface area contributed by atoms with Crippen molar-refractivity contribution >= 4 is 24.2 Å². The van der Waals surface area contributed by atoms with Crippen molar-refractivity contribution in [3.63, 3.8) is 0 Å². The summed E-state index contributed by atoms with van der Waals surface area (Å²) in [6, 6.07) is 6.30. The average molecular weight is 286 g/mol. The van der Waals surface area contributed by atoms with Gasteiger partial charge in [-0.2, -0.15) is 0 Å². The number of hydrogen-bond donors (Lipinski definition) is 3. The van der Waals surface area contributed by atoms with Crippen LogP contribution in [0.3, 0.4) is 0 Å². The van der Waals surface area contributed by atoms with Crippen molar-refractivity contribution in [2.45, 2.75) is 26.4 Å². The van der Waals surface area contributed by atoms with Crippen LogP contribution < -0.4 is 16.8 Å². The number of primary amides is 1. The monoisotopic (exact) mass is 285 g/mol. The quantitative estimate of drug-likeness (QED) is 0.746. The first kappa shape index (κ1) is 17.4. The number of benzene rings is 1. The molecule has 2 amide bonds. The zero-order valence-electron chi connectivity index (χ0n) is 11.1. The van der Waals surface area contributed by atoms with Crippen molar-refractivity contribution < 1.29 is 9.59 Å². The molecular formula is C13H20ClN3O2. The van der Waals surface area contributed by atoms with E-state index in [4.69, 9.17) is 11.5 Å². The van der Waals surface area contributed by atoms with E-state index in [0.29, 0.717) is 12.1 Å². The van der Waals surface area contributed by atoms with Gasteiger partial charge in [-0.25, -0.2) is 0 Å². The number of amides is 2. The van der Waals surface area contributed by atoms with Crippen LogP contribution in [0.15, 0.2) is 24.3 Å². The van der Waals surface area contributed by atoms with Gasteiger partial charge in [0.2, 0.25) is 11.8 Å². The summed E-state index contributed by atoms with van der Waals surface area (Å²) in [5.41, 5.74) is 12.1. The molecule has 0 aliphatic heterocycles. The van der Waals surface area contributed by atoms with Gasteiger partial charge in [0.05, 0.1) is 6.04 Å². The summed E-state index contributed by atoms with van der Waals surface area (Å²) in [6.45, 7) is 4.11. The number of carbonyl (C=O) groups is 2. The molecule has 0 heterocycles. The van der Waals surface area contributed by atoms with E-state index < -0.39 is 11.9 Å². The van der Waals surface area contributed by atoms with E-state index in [2.05, 4.69) is 5.32 Å². The van der Waals surface area contributed by atoms with Gasteiger partial charge >= 0.3 is 0 Å². The second-order valence-electron chi connectivity index (χ2n) is 4.55. The number of nitrogens with one attached hydrogen (secondary N) is 1. The minimum atomic E-state index is -0.524. The summed E-state index contributed by atoms with van der Waals surface area (Å²) in [4.78, 5) is 22.7. The van der Waals surface area contributed by atoms with E-state index in [1.54, 1.807) is 18.2 Å². The lowest BCUT2D eigenvalue weighted by atomic mass is 10.0. The molecule has 0 saturated carbocycles. The molecule has 106 valence electrons. The van der Waals surface area contributed by atoms with Gasteiger partial charge < -0.3 is 16.8 Å². The minimum absolute atomic E-state index is 0. The summed E-state index contributed by atoms with van der Waals surface area (Å²) in [7, 11) is 0. The van der Waals surface area contributed by atoms with Crippen LogP contribution in [0.1, 0.15) is 29.8 Å². The van der Waals surface area contributed by atoms with Crippen molar-refractivity contribution in [2.24, 2.45) is 17.4 Å². The molecule has 5 N–H and O–H groups in total. The lowest BCUT2D eigenvalue weighted by molar-refractivity contribution is -0.123. The fourth-order valence-electron chi connectivity index (χ4n) is 1.44. The van der Waals surface area contributed by atoms with Crippen molar-refractivity contribution in [2.75, 3.05) is 0 Å². The van der Waals surface area contributed by atoms with Gasteiger partial charge in [0.25, 0.3) is 0 Å². The summed E-state index contributed by atoms with van der Waals surface area (Å²) in [5.74, 6) is -0.599. The van der Waals surface area contributed by atoms with Gasteiger partial charge in [0, 0.05) is 12.1 Å². The van der Waals surface area contributed by atoms with E-state index in [9.17, 15) is 9.59 Å². The highest BCUT2D eigenvalue weighted by atomic mass is 35.5. The van der Waals surface area contributed by atoms with Crippen molar-refractivity contribution in [1.29, 1.82) is 0 Å². The molecule has 0 aliphatic carbocycles. The van der Waals surface area contributed by atoms with Gasteiger partial charge in [-0.15, -0.1) is 12.4 Å². The van der Waals surface area contributed by atoms with Crippen LogP contribution in [0.25, 0.3) is 0 Å². The predicted octanol–water partition coefficient (Wildman–Crippen LogP) is 0.807. The third-order valence-corrected chi connectivity index (χ3v) is 2.70. The van der Waals surface area contributed by atoms with Crippen molar-refractivity contribution in [1.82, 2.24) is 5.32 Å². The average Bonchev–Trinajstić information content (AvgIpc) is 2.35. The lowest BCUT2D eigenvalue weighted by Crippen LogP contribution is -2.43. The molecule has 0 radical (unpaired) electrons. The molecule has 1 unspecified atom stereocenters. The Bertz CT molecular complexity index is 449. The van der Waals surface area contributed by atoms with Gasteiger partial charge in [-0.3, -0.25) is 9.59 Å². The molecule has 1 aromatic rings. The van der Waals surface area contributed by atoms with Crippen molar-refractivity contribution in [3.8, 4) is 0 Å². The molecule has 6 heteroatoms. The van der Waals surface area contributed by atoms with E-state index in [1.807, 2.05) is 19.9 Å². The van der Waals surface area contributed by atoms with Crippen LogP contribution in [-0.4, -0.2) is 17.9 Å². The maximum atomic E-state index is 11.6. The van der Waals surface area contributed by atoms with Gasteiger partial charge in [0.15, 0.2) is 0 Å². The van der Waals surface area contributed by atoms with E-state index >= 15 is 0 Å². The van der Waals surface area contributed by atoms with Crippen LogP contribution in [0.2, 0.25) is 0 Å². The molecule has 0 saturated heterocycles. The normalized spacial score (nSPS) is 11.6. The highest BCUT2D eigenvalue weighted by Crippen LogP contribution is 2.05. The first-order chi connectivity index (χ1) is 8.41. The number of rotatable bonds is 5. The molecular weight excluding hydrogens is 266 g/mol. The van der Waals surface area contributed by atoms with Crippen molar-refractivity contribution in [3.05, 3.63) is 35.4 Å². The molecule has 0 aromatic heterocycles. The van der Waals surface area contributed by atoms with Gasteiger partial charge in [-0.05, 0) is 23.6 Å². The molecule has 0 spiro atoms. The van der Waals surface area contributed by atoms with Crippen LogP contribution in [0, 0.1) is 5.92 Å². The van der Waals surface area contributed by atoms with Crippen LogP contribution in [0.4, 0.5) is 0 Å². The molecule has 0 aliphatic rings. The molecule has 0 bridgehead atoms. The largest absolute Gasteiger partial charge is 0.366 e. The second-order valence-corrected chi connectivity index (χ2v) is 4.55. The maximum absolute atomic E-state index is 11.6. The molecule has 5 nitrogen and oxygen atoms in total. The Balaban J connectivity index is 0.00000324. The van der Waals surface area contributed by atoms with Gasteiger partial charge in [0.1, 0.15) is 0 Å². The summed E-state index contributed by atoms with van der Waals surface area (Å²) < 4.78 is 0. The number of carbonyl (C=O) groups excluding carboxylic acids is 2. The maximum Gasteiger partial charge on any atom is 0.248 e. The molecule has 0 fully saturated rings. The second kappa shape index (κ2) is 7.76. The van der Waals surface area contributed by atoms with E-state index in [1.165, 1.54) is 0 Å². The molecule has 1 atom stereocenters. The Morgan fingerprint density at radius 1 is 1.32 bits per heavy atom. The highest BCUT2D eigenvalue weighted by Gasteiger charge is 2.16. The third kappa shape index (κ3) is 5.28. The first-order valence-corrected chi connectivity index (χ1v) is 5.84. The first-order valence-electron chi connectivity index (χ1n) is 5.84. The van der Waals surface area contributed by atoms with Crippen LogP contribution in [0.5, 0.6) is 0 Å². The van der Waals surface area contributed by atoms with Crippen LogP contribution >= 0.6 is 12.4 Å². The predicted molar refractivity (Wildman–Crippen MR) is 76.9 cm³/mol. The Hall–Kier alpha value is -1.59. The minimum Gasteiger partial charge on any atom is -0.366 e. The third-order valence-electron chi connectivity index (χ3n) is 2.70. The smallest absolute Gasteiger partial charge is 0.248 e. The SMILES string of the molecule is CC(C)C(N)C(=O)NCc1cccc(C(N)=O)c1.Cl. The fraction of sp³-hybridized carbons (Fsp3) is 0.385. The van der Waals surface area contributed by atoms with E-state index in [0.717, 1.165) is 5.56 Å². The Morgan fingerprint density at radius 2 is 1.95 bits per heavy atom. The molecule has 1 rings (SSSR count). The summed E-state index contributed by atoms with van der Waals surface area (Å²) in [6.07, 6.45) is 0. The topological polar surface area (TPSA) is 98.2 Å². The Kier molecular flexibility index (Phi) is 7.11. The fourth-order valence-corrected chi connectivity index (χ4v) is 1.44. The number of hydrogen-bond acceptors (Lipinski definition) is 3. The molecule has 19 heavy (non-hydrogen) atoms. The Labute approximate surface area is 119 Å². The zero-order chi connectivity index (χ0) is 13.7. The standard InChI is InChI=1S/C13H19N3O2.ClH/c1-8(2)11(14)13(18)16-7-9-4-3-5-10(6-9)12(15)17;/h3-6,8,11H,7,14H2,1-2H3,(H2,15,17)(H,16,18);1H. The number of halogens is 1. The Morgan fingerprint density at radius 3 is 2.47 bits per heavy atom. The summed E-state index contributed by atoms with van der Waals surface area (Å²) >= 11 is 0. The van der Waals surface area contributed by atoms with E-state index in [-0.39, 0.29) is 24.2 Å².